The number of nitrogens with one attached hydrogen (secondary N) is 1. The minimum atomic E-state index is -0.411. The first-order valence-corrected chi connectivity index (χ1v) is 12.7. The fourth-order valence-corrected chi connectivity index (χ4v) is 5.15. The number of nitrogens with zero attached hydrogens (tertiary/aromatic N) is 1. The summed E-state index contributed by atoms with van der Waals surface area (Å²) in [5.41, 5.74) is 2.46. The maximum atomic E-state index is 13.3. The average molecular weight is 577 g/mol. The van der Waals surface area contributed by atoms with Crippen LogP contribution >= 0.6 is 47.2 Å². The molecule has 0 radical (unpaired) electrons. The van der Waals surface area contributed by atoms with Gasteiger partial charge in [0, 0.05) is 10.7 Å². The molecule has 0 atom stereocenters. The molecule has 0 spiro atoms. The van der Waals surface area contributed by atoms with Gasteiger partial charge in [-0.05, 0) is 72.7 Å². The van der Waals surface area contributed by atoms with Crippen LogP contribution in [0.3, 0.4) is 0 Å². The minimum absolute atomic E-state index is 0.178. The lowest BCUT2D eigenvalue weighted by Gasteiger charge is -2.14. The molecule has 1 N–H and O–H groups in total. The quantitative estimate of drug-likeness (QED) is 0.244. The summed E-state index contributed by atoms with van der Waals surface area (Å²) < 4.78 is 24.7. The van der Waals surface area contributed by atoms with Crippen molar-refractivity contribution in [3.63, 3.8) is 0 Å². The van der Waals surface area contributed by atoms with Gasteiger partial charge in [-0.25, -0.2) is 4.39 Å². The summed E-state index contributed by atoms with van der Waals surface area (Å²) in [4.78, 5) is 27.1. The van der Waals surface area contributed by atoms with E-state index in [0.29, 0.717) is 31.2 Å². The number of aryl methyl sites for hydroxylation is 1. The molecule has 11 heteroatoms. The fraction of sp³-hybridized carbons (Fsp3) is 0.115. The Kier molecular flexibility index (Phi) is 8.39. The van der Waals surface area contributed by atoms with E-state index in [1.54, 1.807) is 36.4 Å². The number of hydrogen-bond donors (Lipinski definition) is 1. The number of carbonyl (C=O) groups excluding carboxylic acids is 2. The Morgan fingerprint density at radius 3 is 2.54 bits per heavy atom. The number of rotatable bonds is 7. The number of amides is 2. The van der Waals surface area contributed by atoms with Crippen molar-refractivity contribution in [1.82, 2.24) is 0 Å². The molecule has 3 aromatic carbocycles. The fourth-order valence-electron chi connectivity index (χ4n) is 3.40. The second-order valence-corrected chi connectivity index (χ2v) is 10.3. The van der Waals surface area contributed by atoms with Crippen molar-refractivity contribution < 1.29 is 23.5 Å². The van der Waals surface area contributed by atoms with Crippen LogP contribution in [0, 0.1) is 12.7 Å². The molecule has 0 saturated carbocycles. The van der Waals surface area contributed by atoms with Gasteiger partial charge < -0.3 is 14.8 Å². The zero-order chi connectivity index (χ0) is 26.7. The first-order valence-electron chi connectivity index (χ1n) is 10.8. The van der Waals surface area contributed by atoms with Gasteiger partial charge in [0.1, 0.15) is 5.82 Å². The predicted octanol–water partition coefficient (Wildman–Crippen LogP) is 6.87. The highest BCUT2D eigenvalue weighted by atomic mass is 35.5. The Morgan fingerprint density at radius 2 is 1.86 bits per heavy atom. The lowest BCUT2D eigenvalue weighted by Crippen LogP contribution is -2.27. The van der Waals surface area contributed by atoms with Crippen molar-refractivity contribution >= 4 is 80.8 Å². The van der Waals surface area contributed by atoms with Crippen LogP contribution in [0.15, 0.2) is 59.5 Å². The molecule has 2 amide bonds. The Labute approximate surface area is 232 Å². The smallest absolute Gasteiger partial charge is 0.270 e. The van der Waals surface area contributed by atoms with Gasteiger partial charge in [-0.1, -0.05) is 53.2 Å². The van der Waals surface area contributed by atoms with E-state index in [2.05, 4.69) is 5.32 Å². The van der Waals surface area contributed by atoms with Crippen molar-refractivity contribution in [3.05, 3.63) is 86.5 Å². The Morgan fingerprint density at radius 1 is 1.14 bits per heavy atom. The second kappa shape index (κ2) is 11.5. The van der Waals surface area contributed by atoms with Crippen LogP contribution in [0.2, 0.25) is 10.0 Å². The van der Waals surface area contributed by atoms with Gasteiger partial charge in [0.2, 0.25) is 0 Å². The summed E-state index contributed by atoms with van der Waals surface area (Å²) in [6.07, 6.45) is 1.62. The van der Waals surface area contributed by atoms with Gasteiger partial charge >= 0.3 is 0 Å². The highest BCUT2D eigenvalue weighted by Crippen LogP contribution is 2.40. The van der Waals surface area contributed by atoms with E-state index in [-0.39, 0.29) is 29.0 Å². The standard InChI is InChI=1S/C26H19Cl2FN2O4S2/c1-14-3-6-17(12-19(14)27)30-23(32)13-35-24-20(28)9-15(10-21(24)34-2)11-22-25(33)31(26(36)37-22)18-7-4-16(29)5-8-18/h3-12H,13H2,1-2H3,(H,30,32)/b22-11-. The van der Waals surface area contributed by atoms with E-state index in [1.807, 2.05) is 6.92 Å². The third kappa shape index (κ3) is 6.24. The zero-order valence-corrected chi connectivity index (χ0v) is 22.7. The van der Waals surface area contributed by atoms with E-state index in [0.717, 1.165) is 17.3 Å². The number of thiocarbonyl (C=S) groups is 1. The maximum Gasteiger partial charge on any atom is 0.270 e. The van der Waals surface area contributed by atoms with Gasteiger partial charge in [0.25, 0.3) is 11.8 Å². The topological polar surface area (TPSA) is 67.9 Å². The third-order valence-electron chi connectivity index (χ3n) is 5.23. The number of anilines is 2. The zero-order valence-electron chi connectivity index (χ0n) is 19.5. The van der Waals surface area contributed by atoms with Crippen molar-refractivity contribution in [2.45, 2.75) is 6.92 Å². The molecule has 37 heavy (non-hydrogen) atoms. The number of halogens is 3. The first-order chi connectivity index (χ1) is 17.7. The molecule has 1 aliphatic heterocycles. The number of hydrogen-bond acceptors (Lipinski definition) is 6. The Bertz CT molecular complexity index is 1430. The molecule has 0 aromatic heterocycles. The van der Waals surface area contributed by atoms with Gasteiger partial charge in [0.15, 0.2) is 22.4 Å². The lowest BCUT2D eigenvalue weighted by molar-refractivity contribution is -0.118. The molecule has 1 fully saturated rings. The molecule has 3 aromatic rings. The van der Waals surface area contributed by atoms with Crippen LogP contribution in [0.5, 0.6) is 11.5 Å². The summed E-state index contributed by atoms with van der Waals surface area (Å²) in [5, 5.41) is 3.43. The van der Waals surface area contributed by atoms with Gasteiger partial charge in [-0.3, -0.25) is 14.5 Å². The lowest BCUT2D eigenvalue weighted by atomic mass is 10.1. The summed E-state index contributed by atoms with van der Waals surface area (Å²) in [5.74, 6) is -0.710. The molecule has 0 unspecified atom stereocenters. The number of ether oxygens (including phenoxy) is 2. The van der Waals surface area contributed by atoms with E-state index >= 15 is 0 Å². The summed E-state index contributed by atoms with van der Waals surface area (Å²) in [6.45, 7) is 1.54. The Balaban J connectivity index is 1.49. The number of methoxy groups -OCH3 is 1. The van der Waals surface area contributed by atoms with Crippen LogP contribution in [0.4, 0.5) is 15.8 Å². The van der Waals surface area contributed by atoms with Gasteiger partial charge in [0.05, 0.1) is 22.7 Å². The molecule has 1 saturated heterocycles. The third-order valence-corrected chi connectivity index (χ3v) is 7.22. The highest BCUT2D eigenvalue weighted by molar-refractivity contribution is 8.27. The molecule has 1 heterocycles. The van der Waals surface area contributed by atoms with Crippen molar-refractivity contribution in [3.8, 4) is 11.5 Å². The van der Waals surface area contributed by atoms with Gasteiger partial charge in [-0.15, -0.1) is 0 Å². The number of benzene rings is 3. The SMILES string of the molecule is COc1cc(/C=C2\SC(=S)N(c3ccc(F)cc3)C2=O)cc(Cl)c1OCC(=O)Nc1ccc(C)c(Cl)c1. The molecule has 4 rings (SSSR count). The van der Waals surface area contributed by atoms with Crippen molar-refractivity contribution in [2.24, 2.45) is 0 Å². The molecule has 0 bridgehead atoms. The molecule has 0 aliphatic carbocycles. The molecule has 6 nitrogen and oxygen atoms in total. The van der Waals surface area contributed by atoms with E-state index in [4.69, 9.17) is 44.9 Å². The number of thioether (sulfide) groups is 1. The predicted molar refractivity (Wildman–Crippen MR) is 150 cm³/mol. The van der Waals surface area contributed by atoms with E-state index in [9.17, 15) is 14.0 Å². The molecule has 1 aliphatic rings. The van der Waals surface area contributed by atoms with Crippen LogP contribution in [-0.4, -0.2) is 29.9 Å². The normalized spacial score (nSPS) is 14.3. The van der Waals surface area contributed by atoms with Crippen LogP contribution in [-0.2, 0) is 9.59 Å². The highest BCUT2D eigenvalue weighted by Gasteiger charge is 2.33. The first kappa shape index (κ1) is 26.9. The number of carbonyl (C=O) groups is 2. The van der Waals surface area contributed by atoms with Crippen molar-refractivity contribution in [2.75, 3.05) is 23.9 Å². The molecule has 190 valence electrons. The maximum absolute atomic E-state index is 13.3. The molecular formula is C26H19Cl2FN2O4S2. The van der Waals surface area contributed by atoms with Crippen LogP contribution < -0.4 is 19.7 Å². The Hall–Kier alpha value is -3.11. The van der Waals surface area contributed by atoms with Crippen molar-refractivity contribution in [1.29, 1.82) is 0 Å². The summed E-state index contributed by atoms with van der Waals surface area (Å²) in [7, 11) is 1.44. The average Bonchev–Trinajstić information content (AvgIpc) is 3.13. The van der Waals surface area contributed by atoms with Crippen LogP contribution in [0.1, 0.15) is 11.1 Å². The van der Waals surface area contributed by atoms with E-state index in [1.165, 1.54) is 36.3 Å². The van der Waals surface area contributed by atoms with Crippen LogP contribution in [0.25, 0.3) is 6.08 Å². The van der Waals surface area contributed by atoms with E-state index < -0.39 is 11.7 Å². The monoisotopic (exact) mass is 576 g/mol. The summed E-state index contributed by atoms with van der Waals surface area (Å²) in [6, 6.07) is 13.9. The second-order valence-electron chi connectivity index (χ2n) is 7.83. The minimum Gasteiger partial charge on any atom is -0.493 e. The largest absolute Gasteiger partial charge is 0.493 e. The van der Waals surface area contributed by atoms with Gasteiger partial charge in [-0.2, -0.15) is 0 Å². The molecular weight excluding hydrogens is 558 g/mol. The summed E-state index contributed by atoms with van der Waals surface area (Å²) >= 11 is 19.0.